The molecule has 0 unspecified atom stereocenters. The van der Waals surface area contributed by atoms with Gasteiger partial charge in [0.2, 0.25) is 5.78 Å². The molecule has 5 heteroatoms. The first-order chi connectivity index (χ1) is 9.61. The summed E-state index contributed by atoms with van der Waals surface area (Å²) in [5.41, 5.74) is 1.51. The third kappa shape index (κ3) is 2.51. The number of carbonyl (C=O) groups is 1. The van der Waals surface area contributed by atoms with Gasteiger partial charge in [0, 0.05) is 29.2 Å². The number of benzene rings is 1. The number of aromatic nitrogens is 2. The van der Waals surface area contributed by atoms with Crippen LogP contribution in [0.4, 0.5) is 0 Å². The summed E-state index contributed by atoms with van der Waals surface area (Å²) in [6, 6.07) is 6.94. The normalized spacial score (nSPS) is 11.5. The molecule has 0 fully saturated rings. The van der Waals surface area contributed by atoms with Gasteiger partial charge in [-0.2, -0.15) is 5.10 Å². The summed E-state index contributed by atoms with van der Waals surface area (Å²) < 4.78 is 7.17. The van der Waals surface area contributed by atoms with Crippen molar-refractivity contribution in [1.29, 1.82) is 0 Å². The maximum Gasteiger partial charge on any atom is 0.221 e. The molecule has 0 aliphatic rings. The molecule has 2 heterocycles. The number of aryl methyl sites for hydroxylation is 1. The average Bonchev–Trinajstić information content (AvgIpc) is 3.01. The molecule has 0 aliphatic carbocycles. The van der Waals surface area contributed by atoms with Crippen molar-refractivity contribution in [2.45, 2.75) is 0 Å². The summed E-state index contributed by atoms with van der Waals surface area (Å²) in [7, 11) is 1.82. The lowest BCUT2D eigenvalue weighted by molar-refractivity contribution is 0.102. The zero-order valence-electron chi connectivity index (χ0n) is 10.7. The molecule has 0 aliphatic heterocycles. The van der Waals surface area contributed by atoms with E-state index in [4.69, 9.17) is 16.0 Å². The largest absolute Gasteiger partial charge is 0.453 e. The molecule has 0 atom stereocenters. The van der Waals surface area contributed by atoms with Crippen molar-refractivity contribution >= 4 is 34.4 Å². The molecule has 0 N–H and O–H groups in total. The van der Waals surface area contributed by atoms with Crippen molar-refractivity contribution in [2.24, 2.45) is 7.05 Å². The lowest BCUT2D eigenvalue weighted by Gasteiger charge is -1.88. The minimum absolute atomic E-state index is 0.193. The topological polar surface area (TPSA) is 48.0 Å². The molecule has 0 saturated carbocycles. The average molecular weight is 287 g/mol. The maximum atomic E-state index is 12.0. The van der Waals surface area contributed by atoms with Gasteiger partial charge in [0.15, 0.2) is 5.76 Å². The number of nitrogens with zero attached hydrogens (tertiary/aromatic N) is 2. The van der Waals surface area contributed by atoms with Gasteiger partial charge in [-0.25, -0.2) is 0 Å². The van der Waals surface area contributed by atoms with Crippen LogP contribution in [0.3, 0.4) is 0 Å². The fourth-order valence-corrected chi connectivity index (χ4v) is 2.10. The molecule has 4 nitrogen and oxygen atoms in total. The van der Waals surface area contributed by atoms with Crippen molar-refractivity contribution < 1.29 is 9.21 Å². The highest BCUT2D eigenvalue weighted by molar-refractivity contribution is 6.31. The van der Waals surface area contributed by atoms with Crippen LogP contribution in [0.5, 0.6) is 0 Å². The number of hydrogen-bond donors (Lipinski definition) is 0. The fourth-order valence-electron chi connectivity index (χ4n) is 1.92. The van der Waals surface area contributed by atoms with Crippen LogP contribution >= 0.6 is 11.6 Å². The van der Waals surface area contributed by atoms with Crippen LogP contribution in [0.25, 0.3) is 17.0 Å². The molecule has 2 aromatic heterocycles. The minimum Gasteiger partial charge on any atom is -0.453 e. The quantitative estimate of drug-likeness (QED) is 0.545. The summed E-state index contributed by atoms with van der Waals surface area (Å²) in [5.74, 6) is 0.101. The smallest absolute Gasteiger partial charge is 0.221 e. The Hall–Kier alpha value is -2.33. The molecule has 0 radical (unpaired) electrons. The zero-order valence-corrected chi connectivity index (χ0v) is 11.5. The summed E-state index contributed by atoms with van der Waals surface area (Å²) in [6.45, 7) is 0. The van der Waals surface area contributed by atoms with Crippen molar-refractivity contribution in [1.82, 2.24) is 9.78 Å². The highest BCUT2D eigenvalue weighted by Gasteiger charge is 2.09. The Morgan fingerprint density at radius 2 is 2.25 bits per heavy atom. The number of allylic oxidation sites excluding steroid dienone is 1. The molecule has 0 spiro atoms. The highest BCUT2D eigenvalue weighted by Crippen LogP contribution is 2.23. The monoisotopic (exact) mass is 286 g/mol. The fraction of sp³-hybridized carbons (Fsp3) is 0.0667. The molecule has 100 valence electrons. The third-order valence-corrected chi connectivity index (χ3v) is 3.11. The van der Waals surface area contributed by atoms with Crippen LogP contribution in [-0.2, 0) is 7.05 Å². The van der Waals surface area contributed by atoms with E-state index >= 15 is 0 Å². The number of hydrogen-bond acceptors (Lipinski definition) is 3. The van der Waals surface area contributed by atoms with E-state index in [2.05, 4.69) is 5.10 Å². The van der Waals surface area contributed by atoms with Gasteiger partial charge in [-0.3, -0.25) is 9.48 Å². The molecule has 3 aromatic rings. The van der Waals surface area contributed by atoms with Gasteiger partial charge in [-0.05, 0) is 36.4 Å². The SMILES string of the molecule is Cn1cc(/C=C/C(=O)c2cc3cc(Cl)ccc3o2)cn1. The van der Waals surface area contributed by atoms with Crippen LogP contribution in [0.1, 0.15) is 16.1 Å². The number of ketones is 1. The second kappa shape index (κ2) is 4.98. The van der Waals surface area contributed by atoms with Crippen LogP contribution < -0.4 is 0 Å². The lowest BCUT2D eigenvalue weighted by Crippen LogP contribution is -1.90. The number of carbonyl (C=O) groups excluding carboxylic acids is 1. The Labute approximate surface area is 120 Å². The highest BCUT2D eigenvalue weighted by atomic mass is 35.5. The maximum absolute atomic E-state index is 12.0. The molecule has 0 bridgehead atoms. The summed E-state index contributed by atoms with van der Waals surface area (Å²) >= 11 is 5.90. The van der Waals surface area contributed by atoms with E-state index in [9.17, 15) is 4.79 Å². The Bertz CT molecular complexity index is 814. The summed E-state index contributed by atoms with van der Waals surface area (Å²) in [5, 5.41) is 5.46. The molecule has 20 heavy (non-hydrogen) atoms. The van der Waals surface area contributed by atoms with Crippen molar-refractivity contribution in [2.75, 3.05) is 0 Å². The molecule has 0 amide bonds. The number of halogens is 1. The predicted octanol–water partition coefficient (Wildman–Crippen LogP) is 3.72. The second-order valence-electron chi connectivity index (χ2n) is 4.44. The Morgan fingerprint density at radius 1 is 1.40 bits per heavy atom. The Kier molecular flexibility index (Phi) is 3.16. The van der Waals surface area contributed by atoms with Crippen LogP contribution in [0.2, 0.25) is 5.02 Å². The van der Waals surface area contributed by atoms with Gasteiger partial charge in [-0.15, -0.1) is 0 Å². The van der Waals surface area contributed by atoms with E-state index in [1.807, 2.05) is 13.2 Å². The van der Waals surface area contributed by atoms with Crippen molar-refractivity contribution in [3.8, 4) is 0 Å². The Balaban J connectivity index is 1.87. The molecular formula is C15H11ClN2O2. The summed E-state index contributed by atoms with van der Waals surface area (Å²) in [4.78, 5) is 12.0. The van der Waals surface area contributed by atoms with E-state index in [0.717, 1.165) is 10.9 Å². The van der Waals surface area contributed by atoms with Gasteiger partial charge in [0.25, 0.3) is 0 Å². The molecule has 3 rings (SSSR count). The third-order valence-electron chi connectivity index (χ3n) is 2.87. The number of rotatable bonds is 3. The van der Waals surface area contributed by atoms with Gasteiger partial charge in [-0.1, -0.05) is 11.6 Å². The standard InChI is InChI=1S/C15H11ClN2O2/c1-18-9-10(8-17-18)2-4-13(19)15-7-11-6-12(16)3-5-14(11)20-15/h2-9H,1H3/b4-2+. The first kappa shape index (κ1) is 12.7. The lowest BCUT2D eigenvalue weighted by atomic mass is 10.2. The van der Waals surface area contributed by atoms with Gasteiger partial charge in [0.05, 0.1) is 6.20 Å². The van der Waals surface area contributed by atoms with Crippen LogP contribution in [0, 0.1) is 0 Å². The van der Waals surface area contributed by atoms with E-state index in [1.54, 1.807) is 41.2 Å². The first-order valence-electron chi connectivity index (χ1n) is 6.02. The van der Waals surface area contributed by atoms with E-state index in [-0.39, 0.29) is 5.78 Å². The van der Waals surface area contributed by atoms with Gasteiger partial charge < -0.3 is 4.42 Å². The molecular weight excluding hydrogens is 276 g/mol. The molecule has 1 aromatic carbocycles. The van der Waals surface area contributed by atoms with Gasteiger partial charge in [0.1, 0.15) is 5.58 Å². The minimum atomic E-state index is -0.193. The van der Waals surface area contributed by atoms with Crippen molar-refractivity contribution in [3.05, 3.63) is 59.1 Å². The molecule has 0 saturated heterocycles. The predicted molar refractivity (Wildman–Crippen MR) is 77.8 cm³/mol. The van der Waals surface area contributed by atoms with Crippen molar-refractivity contribution in [3.63, 3.8) is 0 Å². The summed E-state index contributed by atoms with van der Waals surface area (Å²) in [6.07, 6.45) is 6.68. The Morgan fingerprint density at radius 3 is 3.00 bits per heavy atom. The first-order valence-corrected chi connectivity index (χ1v) is 6.40. The number of furan rings is 1. The second-order valence-corrected chi connectivity index (χ2v) is 4.87. The zero-order chi connectivity index (χ0) is 14.1. The van der Waals surface area contributed by atoms with E-state index < -0.39 is 0 Å². The van der Waals surface area contributed by atoms with E-state index in [0.29, 0.717) is 16.4 Å². The number of fused-ring (bicyclic) bond motifs is 1. The van der Waals surface area contributed by atoms with Crippen LogP contribution in [0.15, 0.2) is 47.2 Å². The van der Waals surface area contributed by atoms with Crippen LogP contribution in [-0.4, -0.2) is 15.6 Å². The van der Waals surface area contributed by atoms with Gasteiger partial charge >= 0.3 is 0 Å². The van der Waals surface area contributed by atoms with E-state index in [1.165, 1.54) is 6.08 Å².